The van der Waals surface area contributed by atoms with E-state index in [-0.39, 0.29) is 5.78 Å². The van der Waals surface area contributed by atoms with Crippen molar-refractivity contribution in [2.75, 3.05) is 46.2 Å². The van der Waals surface area contributed by atoms with Gasteiger partial charge in [-0.25, -0.2) is 0 Å². The fraction of sp³-hybridized carbons (Fsp3) is 0.286. The van der Waals surface area contributed by atoms with Gasteiger partial charge < -0.3 is 14.5 Å². The van der Waals surface area contributed by atoms with Crippen LogP contribution in [0.3, 0.4) is 0 Å². The zero-order valence-electron chi connectivity index (χ0n) is 15.4. The highest BCUT2D eigenvalue weighted by Crippen LogP contribution is 2.21. The maximum absolute atomic E-state index is 12.4. The quantitative estimate of drug-likeness (QED) is 0.544. The van der Waals surface area contributed by atoms with E-state index in [9.17, 15) is 4.79 Å². The minimum atomic E-state index is -0.0200. The van der Waals surface area contributed by atoms with E-state index >= 15 is 0 Å². The molecule has 2 aromatic rings. The summed E-state index contributed by atoms with van der Waals surface area (Å²) in [6, 6.07) is 15.3. The van der Waals surface area contributed by atoms with Crippen LogP contribution < -0.4 is 9.64 Å². The standard InChI is InChI=1S/C21H26N2O2/c1-22(2)15-16-23(3)20-8-6-5-7-17(20)11-14-21(24)18-9-12-19(25-4)13-10-18/h5-14H,15-16H2,1-4H3/b14-11+. The van der Waals surface area contributed by atoms with Crippen molar-refractivity contribution in [3.8, 4) is 5.75 Å². The van der Waals surface area contributed by atoms with Gasteiger partial charge in [-0.05, 0) is 62.1 Å². The van der Waals surface area contributed by atoms with Crippen LogP contribution in [-0.4, -0.2) is 52.0 Å². The van der Waals surface area contributed by atoms with Gasteiger partial charge in [0.1, 0.15) is 5.75 Å². The lowest BCUT2D eigenvalue weighted by Gasteiger charge is -2.23. The highest BCUT2D eigenvalue weighted by molar-refractivity contribution is 6.07. The number of para-hydroxylation sites is 1. The predicted octanol–water partition coefficient (Wildman–Crippen LogP) is 3.59. The normalized spacial score (nSPS) is 11.1. The summed E-state index contributed by atoms with van der Waals surface area (Å²) in [7, 11) is 7.81. The van der Waals surface area contributed by atoms with Crippen molar-refractivity contribution in [2.45, 2.75) is 0 Å². The highest BCUT2D eigenvalue weighted by atomic mass is 16.5. The summed E-state index contributed by atoms with van der Waals surface area (Å²) in [6.07, 6.45) is 3.51. The molecular formula is C21H26N2O2. The first-order valence-corrected chi connectivity index (χ1v) is 8.32. The molecule has 0 aliphatic carbocycles. The Morgan fingerprint density at radius 1 is 1.00 bits per heavy atom. The molecule has 0 heterocycles. The molecule has 0 bridgehead atoms. The number of carbonyl (C=O) groups is 1. The zero-order valence-corrected chi connectivity index (χ0v) is 15.4. The maximum Gasteiger partial charge on any atom is 0.185 e. The summed E-state index contributed by atoms with van der Waals surface area (Å²) in [5, 5.41) is 0. The predicted molar refractivity (Wildman–Crippen MR) is 105 cm³/mol. The third-order valence-electron chi connectivity index (χ3n) is 4.02. The first kappa shape index (κ1) is 18.7. The number of ketones is 1. The zero-order chi connectivity index (χ0) is 18.2. The summed E-state index contributed by atoms with van der Waals surface area (Å²) >= 11 is 0. The van der Waals surface area contributed by atoms with Crippen LogP contribution >= 0.6 is 0 Å². The smallest absolute Gasteiger partial charge is 0.185 e. The Hall–Kier alpha value is -2.59. The monoisotopic (exact) mass is 338 g/mol. The molecule has 0 fully saturated rings. The van der Waals surface area contributed by atoms with Crippen molar-refractivity contribution in [3.05, 3.63) is 65.7 Å². The molecule has 2 rings (SSSR count). The number of ether oxygens (including phenoxy) is 1. The van der Waals surface area contributed by atoms with Gasteiger partial charge in [-0.2, -0.15) is 0 Å². The van der Waals surface area contributed by atoms with Gasteiger partial charge in [-0.1, -0.05) is 18.2 Å². The number of hydrogen-bond donors (Lipinski definition) is 0. The van der Waals surface area contributed by atoms with E-state index in [0.29, 0.717) is 5.56 Å². The van der Waals surface area contributed by atoms with Crippen molar-refractivity contribution in [1.82, 2.24) is 4.90 Å². The van der Waals surface area contributed by atoms with Crippen molar-refractivity contribution in [1.29, 1.82) is 0 Å². The van der Waals surface area contributed by atoms with Gasteiger partial charge in [0.2, 0.25) is 0 Å². The molecule has 0 aliphatic rings. The molecule has 0 atom stereocenters. The number of methoxy groups -OCH3 is 1. The fourth-order valence-electron chi connectivity index (χ4n) is 2.46. The molecule has 4 heteroatoms. The lowest BCUT2D eigenvalue weighted by Crippen LogP contribution is -2.28. The third-order valence-corrected chi connectivity index (χ3v) is 4.02. The molecule has 0 spiro atoms. The summed E-state index contributed by atoms with van der Waals surface area (Å²) < 4.78 is 5.12. The minimum Gasteiger partial charge on any atom is -0.497 e. The van der Waals surface area contributed by atoms with Gasteiger partial charge in [0.15, 0.2) is 5.78 Å². The average Bonchev–Trinajstić information content (AvgIpc) is 2.64. The molecule has 4 nitrogen and oxygen atoms in total. The Labute approximate surface area is 150 Å². The molecular weight excluding hydrogens is 312 g/mol. The number of nitrogens with zero attached hydrogens (tertiary/aromatic N) is 2. The number of hydrogen-bond acceptors (Lipinski definition) is 4. The average molecular weight is 338 g/mol. The van der Waals surface area contributed by atoms with Crippen molar-refractivity contribution in [3.63, 3.8) is 0 Å². The molecule has 132 valence electrons. The lowest BCUT2D eigenvalue weighted by molar-refractivity contribution is 0.104. The molecule has 0 aromatic heterocycles. The van der Waals surface area contributed by atoms with Crippen LogP contribution in [0, 0.1) is 0 Å². The largest absolute Gasteiger partial charge is 0.497 e. The number of benzene rings is 2. The van der Waals surface area contributed by atoms with E-state index in [4.69, 9.17) is 4.74 Å². The summed E-state index contributed by atoms with van der Waals surface area (Å²) in [5.41, 5.74) is 2.80. The van der Waals surface area contributed by atoms with Gasteiger partial charge in [0.05, 0.1) is 7.11 Å². The van der Waals surface area contributed by atoms with E-state index < -0.39 is 0 Å². The van der Waals surface area contributed by atoms with Crippen molar-refractivity contribution >= 4 is 17.5 Å². The van der Waals surface area contributed by atoms with Crippen molar-refractivity contribution in [2.24, 2.45) is 0 Å². The molecule has 0 saturated carbocycles. The Morgan fingerprint density at radius 3 is 2.32 bits per heavy atom. The van der Waals surface area contributed by atoms with E-state index in [0.717, 1.165) is 30.1 Å². The van der Waals surface area contributed by atoms with Crippen LogP contribution in [0.1, 0.15) is 15.9 Å². The van der Waals surface area contributed by atoms with Crippen LogP contribution in [0.4, 0.5) is 5.69 Å². The van der Waals surface area contributed by atoms with Crippen LogP contribution in [0.5, 0.6) is 5.75 Å². The topological polar surface area (TPSA) is 32.8 Å². The summed E-state index contributed by atoms with van der Waals surface area (Å²) in [4.78, 5) is 16.7. The molecule has 0 amide bonds. The molecule has 25 heavy (non-hydrogen) atoms. The van der Waals surface area contributed by atoms with Crippen LogP contribution in [-0.2, 0) is 0 Å². The number of carbonyl (C=O) groups excluding carboxylic acids is 1. The molecule has 0 saturated heterocycles. The summed E-state index contributed by atoms with van der Waals surface area (Å²) in [6.45, 7) is 1.89. The molecule has 2 aromatic carbocycles. The number of likely N-dealkylation sites (N-methyl/N-ethyl adjacent to an activating group) is 2. The van der Waals surface area contributed by atoms with E-state index in [2.05, 4.69) is 37.0 Å². The van der Waals surface area contributed by atoms with E-state index in [1.54, 1.807) is 37.5 Å². The van der Waals surface area contributed by atoms with Gasteiger partial charge in [0.25, 0.3) is 0 Å². The third kappa shape index (κ3) is 5.47. The number of allylic oxidation sites excluding steroid dienone is 1. The second kappa shape index (κ2) is 9.04. The van der Waals surface area contributed by atoms with Crippen LogP contribution in [0.2, 0.25) is 0 Å². The Kier molecular flexibility index (Phi) is 6.78. The van der Waals surface area contributed by atoms with Crippen molar-refractivity contribution < 1.29 is 9.53 Å². The second-order valence-electron chi connectivity index (χ2n) is 6.21. The lowest BCUT2D eigenvalue weighted by atomic mass is 10.1. The van der Waals surface area contributed by atoms with Gasteiger partial charge in [-0.15, -0.1) is 0 Å². The Bertz CT molecular complexity index is 721. The van der Waals surface area contributed by atoms with Gasteiger partial charge in [-0.3, -0.25) is 4.79 Å². The first-order chi connectivity index (χ1) is 12.0. The maximum atomic E-state index is 12.4. The number of anilines is 1. The van der Waals surface area contributed by atoms with Gasteiger partial charge >= 0.3 is 0 Å². The molecule has 0 radical (unpaired) electrons. The van der Waals surface area contributed by atoms with Crippen LogP contribution in [0.25, 0.3) is 6.08 Å². The van der Waals surface area contributed by atoms with E-state index in [1.807, 2.05) is 24.3 Å². The molecule has 0 aliphatic heterocycles. The van der Waals surface area contributed by atoms with Crippen LogP contribution in [0.15, 0.2) is 54.6 Å². The van der Waals surface area contributed by atoms with Gasteiger partial charge in [0, 0.05) is 31.4 Å². The SMILES string of the molecule is COc1ccc(C(=O)/C=C/c2ccccc2N(C)CCN(C)C)cc1. The number of rotatable bonds is 8. The highest BCUT2D eigenvalue weighted by Gasteiger charge is 2.07. The minimum absolute atomic E-state index is 0.0200. The molecule has 0 unspecified atom stereocenters. The Balaban J connectivity index is 2.13. The summed E-state index contributed by atoms with van der Waals surface area (Å²) in [5.74, 6) is 0.724. The first-order valence-electron chi connectivity index (χ1n) is 8.32. The fourth-order valence-corrected chi connectivity index (χ4v) is 2.46. The van der Waals surface area contributed by atoms with E-state index in [1.165, 1.54) is 0 Å². The molecule has 0 N–H and O–H groups in total. The Morgan fingerprint density at radius 2 is 1.68 bits per heavy atom. The second-order valence-corrected chi connectivity index (χ2v) is 6.21.